The van der Waals surface area contributed by atoms with Crippen LogP contribution in [-0.2, 0) is 22.5 Å². The summed E-state index contributed by atoms with van der Waals surface area (Å²) in [5.74, 6) is 0.201. The first-order chi connectivity index (χ1) is 19.3. The van der Waals surface area contributed by atoms with Crippen molar-refractivity contribution in [1.82, 2.24) is 20.1 Å². The van der Waals surface area contributed by atoms with Gasteiger partial charge in [0.05, 0.1) is 18.4 Å². The summed E-state index contributed by atoms with van der Waals surface area (Å²) < 4.78 is 18.4. The molecular formula is C30H42N4O6. The summed E-state index contributed by atoms with van der Waals surface area (Å²) in [6.07, 6.45) is 6.59. The van der Waals surface area contributed by atoms with Gasteiger partial charge in [0.25, 0.3) is 0 Å². The van der Waals surface area contributed by atoms with Crippen LogP contribution in [0.5, 0.6) is 5.75 Å². The van der Waals surface area contributed by atoms with Crippen LogP contribution in [0.3, 0.4) is 0 Å². The third-order valence-electron chi connectivity index (χ3n) is 6.99. The highest BCUT2D eigenvalue weighted by atomic mass is 16.7. The van der Waals surface area contributed by atoms with Crippen LogP contribution in [0.1, 0.15) is 75.2 Å². The monoisotopic (exact) mass is 554 g/mol. The number of aryl methyl sites for hydroxylation is 1. The van der Waals surface area contributed by atoms with E-state index in [1.165, 1.54) is 0 Å². The molecule has 2 heterocycles. The van der Waals surface area contributed by atoms with Crippen LogP contribution in [0, 0.1) is 0 Å². The van der Waals surface area contributed by atoms with Crippen molar-refractivity contribution in [3.05, 3.63) is 80.1 Å². The molecule has 40 heavy (non-hydrogen) atoms. The maximum absolute atomic E-state index is 11.8. The van der Waals surface area contributed by atoms with Gasteiger partial charge in [-0.1, -0.05) is 31.0 Å². The van der Waals surface area contributed by atoms with Crippen molar-refractivity contribution >= 4 is 0 Å². The van der Waals surface area contributed by atoms with Crippen LogP contribution in [0.2, 0.25) is 0 Å². The van der Waals surface area contributed by atoms with Gasteiger partial charge < -0.3 is 24.6 Å². The quantitative estimate of drug-likeness (QED) is 0.199. The summed E-state index contributed by atoms with van der Waals surface area (Å²) in [4.78, 5) is 23.6. The average molecular weight is 555 g/mol. The fourth-order valence-corrected chi connectivity index (χ4v) is 4.76. The summed E-state index contributed by atoms with van der Waals surface area (Å²) in [5, 5.41) is 18.5. The molecule has 0 aliphatic carbocycles. The van der Waals surface area contributed by atoms with Gasteiger partial charge in [-0.05, 0) is 74.0 Å². The molecule has 0 saturated carbocycles. The Balaban J connectivity index is 0.992. The summed E-state index contributed by atoms with van der Waals surface area (Å²) in [7, 11) is 0. The van der Waals surface area contributed by atoms with Crippen LogP contribution in [0.4, 0.5) is 0 Å². The van der Waals surface area contributed by atoms with Gasteiger partial charge in [-0.3, -0.25) is 0 Å². The van der Waals surface area contributed by atoms with E-state index >= 15 is 0 Å². The molecular weight excluding hydrogens is 512 g/mol. The molecule has 0 saturated heterocycles. The lowest BCUT2D eigenvalue weighted by Gasteiger charge is -2.33. The number of hydrogen-bond donors (Lipinski definition) is 4. The topological polar surface area (TPSA) is 131 Å². The average Bonchev–Trinajstić information content (AvgIpc) is 3.28. The zero-order valence-corrected chi connectivity index (χ0v) is 23.5. The summed E-state index contributed by atoms with van der Waals surface area (Å²) in [6, 6.07) is 13.3. The lowest BCUT2D eigenvalue weighted by Crippen LogP contribution is -2.35. The zero-order valence-electron chi connectivity index (χ0n) is 23.5. The number of aromatic nitrogens is 3. The first kappa shape index (κ1) is 29.8. The van der Waals surface area contributed by atoms with Crippen LogP contribution >= 0.6 is 0 Å². The standard InChI is InChI=1S/C30H42N4O6/c1-30(2)39-21-24-19-23(13-14-27(24)40-30)26(35)20-31-15-6-3-4-7-16-38-17-8-5-10-22-11-9-12-25(18-22)34-28(36)32-33-29(34)37/h9,11-14,18-19,26,31,35H,3-8,10,15-17,20-21H2,1-2H3,(H,32,36)(H,33,37)/t26-/m1/s1. The number of benzene rings is 2. The van der Waals surface area contributed by atoms with Crippen molar-refractivity contribution in [1.29, 1.82) is 0 Å². The Hall–Kier alpha value is -3.18. The molecule has 0 bridgehead atoms. The van der Waals surface area contributed by atoms with Crippen LogP contribution in [-0.4, -0.2) is 52.0 Å². The third-order valence-corrected chi connectivity index (χ3v) is 6.99. The fourth-order valence-electron chi connectivity index (χ4n) is 4.76. The minimum absolute atomic E-state index is 0.469. The maximum Gasteiger partial charge on any atom is 0.348 e. The summed E-state index contributed by atoms with van der Waals surface area (Å²) in [6.45, 7) is 7.16. The highest BCUT2D eigenvalue weighted by Gasteiger charge is 2.27. The number of aliphatic hydroxyl groups is 1. The Morgan fingerprint density at radius 1 is 1.00 bits per heavy atom. The van der Waals surface area contributed by atoms with Gasteiger partial charge in [-0.25, -0.2) is 24.4 Å². The van der Waals surface area contributed by atoms with Gasteiger partial charge in [0, 0.05) is 39.2 Å². The molecule has 10 heteroatoms. The number of aromatic amines is 2. The highest BCUT2D eigenvalue weighted by molar-refractivity contribution is 5.39. The molecule has 0 unspecified atom stereocenters. The van der Waals surface area contributed by atoms with E-state index in [0.29, 0.717) is 18.8 Å². The van der Waals surface area contributed by atoms with Crippen LogP contribution < -0.4 is 21.4 Å². The molecule has 1 aromatic heterocycles. The van der Waals surface area contributed by atoms with Crippen molar-refractivity contribution in [2.24, 2.45) is 0 Å². The third kappa shape index (κ3) is 8.66. The normalized spacial score (nSPS) is 15.0. The molecule has 0 radical (unpaired) electrons. The Labute approximate surface area is 234 Å². The number of unbranched alkanes of at least 4 members (excludes halogenated alkanes) is 4. The Kier molecular flexibility index (Phi) is 10.8. The van der Waals surface area contributed by atoms with E-state index in [4.69, 9.17) is 14.2 Å². The first-order valence-electron chi connectivity index (χ1n) is 14.2. The Bertz CT molecular complexity index is 1300. The Morgan fingerprint density at radius 2 is 1.75 bits per heavy atom. The summed E-state index contributed by atoms with van der Waals surface area (Å²) >= 11 is 0. The zero-order chi connectivity index (χ0) is 28.4. The minimum Gasteiger partial charge on any atom is -0.463 e. The van der Waals surface area contributed by atoms with E-state index in [-0.39, 0.29) is 0 Å². The van der Waals surface area contributed by atoms with Crippen LogP contribution in [0.15, 0.2) is 52.1 Å². The molecule has 1 aliphatic rings. The Morgan fingerprint density at radius 3 is 2.55 bits per heavy atom. The predicted molar refractivity (Wildman–Crippen MR) is 153 cm³/mol. The molecule has 0 spiro atoms. The molecule has 10 nitrogen and oxygen atoms in total. The van der Waals surface area contributed by atoms with Gasteiger partial charge >= 0.3 is 11.4 Å². The number of H-pyrrole nitrogens is 2. The second kappa shape index (κ2) is 14.5. The molecule has 1 atom stereocenters. The van der Waals surface area contributed by atoms with Crippen LogP contribution in [0.25, 0.3) is 5.69 Å². The second-order valence-corrected chi connectivity index (χ2v) is 10.7. The van der Waals surface area contributed by atoms with E-state index in [0.717, 1.165) is 91.7 Å². The molecule has 4 N–H and O–H groups in total. The van der Waals surface area contributed by atoms with Crippen molar-refractivity contribution in [2.45, 2.75) is 77.3 Å². The van der Waals surface area contributed by atoms with Crippen molar-refractivity contribution in [2.75, 3.05) is 26.3 Å². The number of aliphatic hydroxyl groups excluding tert-OH is 1. The number of fused-ring (bicyclic) bond motifs is 1. The number of rotatable bonds is 16. The molecule has 0 fully saturated rings. The van der Waals surface area contributed by atoms with Gasteiger partial charge in [-0.15, -0.1) is 0 Å². The van der Waals surface area contributed by atoms with E-state index in [1.54, 1.807) is 6.07 Å². The lowest BCUT2D eigenvalue weighted by molar-refractivity contribution is -0.180. The molecule has 1 aliphatic heterocycles. The van der Waals surface area contributed by atoms with Gasteiger partial charge in [0.2, 0.25) is 5.79 Å². The number of nitrogens with zero attached hydrogens (tertiary/aromatic N) is 1. The minimum atomic E-state index is -0.617. The molecule has 0 amide bonds. The summed E-state index contributed by atoms with van der Waals surface area (Å²) in [5.41, 5.74) is 2.55. The van der Waals surface area contributed by atoms with E-state index in [2.05, 4.69) is 15.5 Å². The van der Waals surface area contributed by atoms with Gasteiger partial charge in [-0.2, -0.15) is 0 Å². The highest BCUT2D eigenvalue weighted by Crippen LogP contribution is 2.32. The van der Waals surface area contributed by atoms with Crippen molar-refractivity contribution < 1.29 is 19.3 Å². The predicted octanol–water partition coefficient (Wildman–Crippen LogP) is 3.72. The van der Waals surface area contributed by atoms with Crippen molar-refractivity contribution in [3.8, 4) is 11.4 Å². The molecule has 218 valence electrons. The molecule has 3 aromatic rings. The number of hydrogen-bond acceptors (Lipinski definition) is 7. The smallest absolute Gasteiger partial charge is 0.348 e. The molecule has 2 aromatic carbocycles. The second-order valence-electron chi connectivity index (χ2n) is 10.7. The number of nitrogens with one attached hydrogen (secondary N) is 3. The first-order valence-corrected chi connectivity index (χ1v) is 14.2. The fraction of sp³-hybridized carbons (Fsp3) is 0.533. The van der Waals surface area contributed by atoms with Crippen molar-refractivity contribution in [3.63, 3.8) is 0 Å². The SMILES string of the molecule is CC1(C)OCc2cc([C@H](O)CNCCCCCCOCCCCc3cccc(-n4c(=O)[nH][nH]c4=O)c3)ccc2O1. The maximum atomic E-state index is 11.8. The van der Waals surface area contributed by atoms with Gasteiger partial charge in [0.15, 0.2) is 0 Å². The largest absolute Gasteiger partial charge is 0.463 e. The number of ether oxygens (including phenoxy) is 3. The van der Waals surface area contributed by atoms with Gasteiger partial charge in [0.1, 0.15) is 5.75 Å². The van der Waals surface area contributed by atoms with E-state index in [9.17, 15) is 14.7 Å². The lowest BCUT2D eigenvalue weighted by atomic mass is 10.0. The van der Waals surface area contributed by atoms with E-state index in [1.807, 2.05) is 50.2 Å². The molecule has 4 rings (SSSR count). The van der Waals surface area contributed by atoms with E-state index < -0.39 is 23.3 Å².